The third kappa shape index (κ3) is 3.22. The lowest BCUT2D eigenvalue weighted by Gasteiger charge is -2.21. The van der Waals surface area contributed by atoms with Crippen LogP contribution in [0.1, 0.15) is 6.92 Å². The fourth-order valence-electron chi connectivity index (χ4n) is 1.41. The van der Waals surface area contributed by atoms with Gasteiger partial charge in [0.1, 0.15) is 5.75 Å². The predicted molar refractivity (Wildman–Crippen MR) is 70.5 cm³/mol. The summed E-state index contributed by atoms with van der Waals surface area (Å²) in [5.74, 6) is -3.25. The molecule has 0 aliphatic heterocycles. The van der Waals surface area contributed by atoms with E-state index in [-0.39, 0.29) is 17.4 Å². The molecule has 1 aromatic carbocycles. The van der Waals surface area contributed by atoms with Crippen LogP contribution >= 0.6 is 11.6 Å². The second-order valence-electron chi connectivity index (χ2n) is 3.65. The van der Waals surface area contributed by atoms with Crippen LogP contribution in [0.25, 0.3) is 0 Å². The third-order valence-corrected chi connectivity index (χ3v) is 2.68. The monoisotopic (exact) mass is 317 g/mol. The number of carbonyl (C=O) groups is 2. The van der Waals surface area contributed by atoms with Gasteiger partial charge in [-0.25, -0.2) is 9.59 Å². The largest absolute Gasteiger partial charge is 0.558 e. The van der Waals surface area contributed by atoms with Crippen LogP contribution in [0, 0.1) is 10.1 Å². The van der Waals surface area contributed by atoms with E-state index < -0.39 is 22.6 Å². The molecule has 114 valence electrons. The molecule has 0 heterocycles. The quantitative estimate of drug-likeness (QED) is 0.257. The summed E-state index contributed by atoms with van der Waals surface area (Å²) < 4.78 is 13.8. The van der Waals surface area contributed by atoms with Crippen molar-refractivity contribution >= 4 is 23.5 Å². The number of hydrogen-bond acceptors (Lipinski definition) is 7. The van der Waals surface area contributed by atoms with Crippen LogP contribution in [0.3, 0.4) is 0 Å². The zero-order valence-electron chi connectivity index (χ0n) is 11.2. The third-order valence-electron chi connectivity index (χ3n) is 2.37. The number of para-hydroxylation sites is 1. The Morgan fingerprint density at radius 3 is 2.43 bits per heavy atom. The topological polar surface area (TPSA) is 105 Å². The van der Waals surface area contributed by atoms with Crippen molar-refractivity contribution in [3.05, 3.63) is 39.4 Å². The molecule has 0 aromatic heterocycles. The number of hydrogen-bond donors (Lipinski definition) is 0. The Labute approximate surface area is 124 Å². The lowest BCUT2D eigenvalue weighted by molar-refractivity contribution is -0.583. The first-order chi connectivity index (χ1) is 9.90. The van der Waals surface area contributed by atoms with Crippen LogP contribution in [0.2, 0.25) is 5.02 Å². The second kappa shape index (κ2) is 6.89. The fraction of sp³-hybridized carbons (Fsp3) is 0.333. The van der Waals surface area contributed by atoms with Crippen LogP contribution in [-0.4, -0.2) is 36.3 Å². The Morgan fingerprint density at radius 1 is 1.33 bits per heavy atom. The highest BCUT2D eigenvalue weighted by Crippen LogP contribution is 2.29. The summed E-state index contributed by atoms with van der Waals surface area (Å²) in [5.41, 5.74) is -3.17. The number of methoxy groups -OCH3 is 1. The first-order valence-electron chi connectivity index (χ1n) is 5.73. The number of rotatable bonds is 6. The normalized spacial score (nSPS) is 12.9. The van der Waals surface area contributed by atoms with Crippen molar-refractivity contribution in [3.63, 3.8) is 0 Å². The number of nitrogens with zero attached hydrogens (tertiary/aromatic N) is 1. The summed E-state index contributed by atoms with van der Waals surface area (Å²) in [7, 11) is 0.885. The molecule has 0 N–H and O–H groups in total. The molecule has 1 atom stereocenters. The fourth-order valence-corrected chi connectivity index (χ4v) is 1.58. The van der Waals surface area contributed by atoms with E-state index in [9.17, 15) is 19.7 Å². The molecular weight excluding hydrogens is 306 g/mol. The van der Waals surface area contributed by atoms with E-state index in [0.717, 1.165) is 7.11 Å². The zero-order valence-corrected chi connectivity index (χ0v) is 12.0. The molecular formula is C12H12ClNO7. The van der Waals surface area contributed by atoms with Gasteiger partial charge >= 0.3 is 17.7 Å². The van der Waals surface area contributed by atoms with Gasteiger partial charge < -0.3 is 14.2 Å². The van der Waals surface area contributed by atoms with Crippen LogP contribution in [-0.2, 0) is 19.1 Å². The average molecular weight is 318 g/mol. The number of benzene rings is 1. The molecule has 0 bridgehead atoms. The van der Waals surface area contributed by atoms with E-state index in [1.54, 1.807) is 6.07 Å². The summed E-state index contributed by atoms with van der Waals surface area (Å²) in [6.45, 7) is 1.24. The van der Waals surface area contributed by atoms with E-state index in [1.807, 2.05) is 0 Å². The van der Waals surface area contributed by atoms with E-state index in [1.165, 1.54) is 25.1 Å². The minimum atomic E-state index is -3.17. The summed E-state index contributed by atoms with van der Waals surface area (Å²) in [6, 6.07) is 5.66. The van der Waals surface area contributed by atoms with Crippen molar-refractivity contribution in [1.29, 1.82) is 0 Å². The van der Waals surface area contributed by atoms with Crippen molar-refractivity contribution in [3.8, 4) is 5.75 Å². The Hall–Kier alpha value is -2.35. The molecule has 1 unspecified atom stereocenters. The molecule has 21 heavy (non-hydrogen) atoms. The van der Waals surface area contributed by atoms with E-state index in [4.69, 9.17) is 16.3 Å². The van der Waals surface area contributed by atoms with Crippen molar-refractivity contribution in [2.24, 2.45) is 0 Å². The molecule has 0 fully saturated rings. The Balaban J connectivity index is 3.36. The van der Waals surface area contributed by atoms with Crippen molar-refractivity contribution in [2.45, 2.75) is 12.6 Å². The molecule has 0 amide bonds. The maximum Gasteiger partial charge on any atom is 0.558 e. The second-order valence-corrected chi connectivity index (χ2v) is 4.05. The van der Waals surface area contributed by atoms with E-state index in [0.29, 0.717) is 0 Å². The molecule has 9 heteroatoms. The van der Waals surface area contributed by atoms with Crippen molar-refractivity contribution in [2.75, 3.05) is 13.7 Å². The Bertz CT molecular complexity index is 562. The molecule has 0 aliphatic rings. The lowest BCUT2D eigenvalue weighted by Crippen LogP contribution is -2.59. The van der Waals surface area contributed by atoms with Crippen LogP contribution in [0.15, 0.2) is 24.3 Å². The molecule has 1 aromatic rings. The van der Waals surface area contributed by atoms with E-state index in [2.05, 4.69) is 9.47 Å². The van der Waals surface area contributed by atoms with Gasteiger partial charge in [0.05, 0.1) is 23.7 Å². The van der Waals surface area contributed by atoms with Crippen LogP contribution in [0.5, 0.6) is 5.75 Å². The minimum Gasteiger partial charge on any atom is -0.460 e. The summed E-state index contributed by atoms with van der Waals surface area (Å²) in [4.78, 5) is 33.7. The lowest BCUT2D eigenvalue weighted by atomic mass is 10.2. The first kappa shape index (κ1) is 16.7. The highest BCUT2D eigenvalue weighted by Gasteiger charge is 2.66. The Morgan fingerprint density at radius 2 is 1.95 bits per heavy atom. The van der Waals surface area contributed by atoms with Gasteiger partial charge in [-0.2, -0.15) is 0 Å². The molecule has 0 saturated carbocycles. The van der Waals surface area contributed by atoms with Gasteiger partial charge in [0.25, 0.3) is 0 Å². The molecule has 1 rings (SSSR count). The number of esters is 2. The van der Waals surface area contributed by atoms with Gasteiger partial charge in [-0.05, 0) is 19.1 Å². The molecule has 0 spiro atoms. The van der Waals surface area contributed by atoms with E-state index >= 15 is 0 Å². The summed E-state index contributed by atoms with van der Waals surface area (Å²) in [5, 5.41) is 11.3. The number of carbonyl (C=O) groups excluding carboxylic acids is 2. The molecule has 0 saturated heterocycles. The highest BCUT2D eigenvalue weighted by molar-refractivity contribution is 6.32. The first-order valence-corrected chi connectivity index (χ1v) is 6.11. The number of halogens is 1. The predicted octanol–water partition coefficient (Wildman–Crippen LogP) is 1.43. The number of nitro groups is 1. The van der Waals surface area contributed by atoms with Gasteiger partial charge in [0.15, 0.2) is 0 Å². The summed E-state index contributed by atoms with van der Waals surface area (Å²) >= 11 is 5.81. The van der Waals surface area contributed by atoms with Gasteiger partial charge in [0.2, 0.25) is 0 Å². The van der Waals surface area contributed by atoms with Crippen LogP contribution < -0.4 is 4.74 Å². The smallest absolute Gasteiger partial charge is 0.460 e. The molecule has 0 aliphatic carbocycles. The Kier molecular flexibility index (Phi) is 5.48. The molecule has 0 radical (unpaired) electrons. The SMILES string of the molecule is CCOC(=O)C(Oc1ccccc1Cl)(C(=O)OC)[N+](=O)[O-]. The van der Waals surface area contributed by atoms with Gasteiger partial charge in [-0.3, -0.25) is 10.1 Å². The zero-order chi connectivity index (χ0) is 16.0. The number of ether oxygens (including phenoxy) is 3. The van der Waals surface area contributed by atoms with Gasteiger partial charge in [-0.15, -0.1) is 0 Å². The summed E-state index contributed by atoms with van der Waals surface area (Å²) in [6.07, 6.45) is 0. The maximum absolute atomic E-state index is 11.9. The van der Waals surface area contributed by atoms with Crippen LogP contribution in [0.4, 0.5) is 0 Å². The standard InChI is InChI=1S/C12H12ClNO7/c1-3-20-11(16)12(14(17)18,10(15)19-2)21-9-7-5-4-6-8(9)13/h4-7H,3H2,1-2H3. The van der Waals surface area contributed by atoms with Gasteiger partial charge in [0, 0.05) is 0 Å². The highest BCUT2D eigenvalue weighted by atomic mass is 35.5. The minimum absolute atomic E-state index is 0.0167. The molecule has 8 nitrogen and oxygen atoms in total. The maximum atomic E-state index is 11.9. The van der Waals surface area contributed by atoms with Gasteiger partial charge in [-0.1, -0.05) is 23.7 Å². The van der Waals surface area contributed by atoms with Crippen molar-refractivity contribution < 1.29 is 28.7 Å². The average Bonchev–Trinajstić information content (AvgIpc) is 2.45. The van der Waals surface area contributed by atoms with Crippen molar-refractivity contribution in [1.82, 2.24) is 0 Å².